The van der Waals surface area contributed by atoms with E-state index in [1.807, 2.05) is 0 Å². The lowest BCUT2D eigenvalue weighted by Crippen LogP contribution is -2.38. The molecular weight excluding hydrogens is 790 g/mol. The first-order valence-corrected chi connectivity index (χ1v) is 17.4. The number of aromatic nitrogens is 3. The molecule has 1 heterocycles. The van der Waals surface area contributed by atoms with Gasteiger partial charge in [0.25, 0.3) is 0 Å². The fraction of sp³-hybridized carbons (Fsp3) is 0.343. The number of thioether (sulfide) groups is 1. The van der Waals surface area contributed by atoms with Crippen molar-refractivity contribution >= 4 is 34.6 Å². The van der Waals surface area contributed by atoms with Crippen LogP contribution in [-0.4, -0.2) is 69.5 Å². The molecule has 1 atom stereocenters. The van der Waals surface area contributed by atoms with Crippen molar-refractivity contribution in [1.29, 1.82) is 0 Å². The molecule has 0 aliphatic heterocycles. The lowest BCUT2D eigenvalue weighted by atomic mass is 10.1. The molecule has 0 fully saturated rings. The standard InChI is InChI=1S/C35H32F10N6O4S/c1-3-4-29(52)51(27-17-21(2)5-14-28(27)54-19-34(40,41)42)32(56-16-15-33(37,38)39)48-31(53)46-18-26(36)22-6-8-23(9-7-22)30-47-20-50(49-30)24-10-12-25(13-11-24)55-35(43,44)45/h5-14,17,20,26H,3-4,15-16,18-19H2,1-2H3,(H,46,53). The first kappa shape index (κ1) is 43.4. The maximum Gasteiger partial charge on any atom is 0.573 e. The average molecular weight is 823 g/mol. The zero-order valence-electron chi connectivity index (χ0n) is 29.3. The van der Waals surface area contributed by atoms with E-state index in [1.165, 1.54) is 59.5 Å². The van der Waals surface area contributed by atoms with Crippen molar-refractivity contribution in [3.8, 4) is 28.6 Å². The first-order valence-electron chi connectivity index (χ1n) is 16.4. The van der Waals surface area contributed by atoms with E-state index in [0.29, 0.717) is 28.6 Å². The van der Waals surface area contributed by atoms with E-state index in [0.717, 1.165) is 23.1 Å². The van der Waals surface area contributed by atoms with Crippen LogP contribution in [0.5, 0.6) is 11.5 Å². The van der Waals surface area contributed by atoms with Crippen LogP contribution in [0.15, 0.2) is 78.0 Å². The maximum absolute atomic E-state index is 15.3. The van der Waals surface area contributed by atoms with Gasteiger partial charge in [0, 0.05) is 17.7 Å². The van der Waals surface area contributed by atoms with Crippen molar-refractivity contribution in [2.45, 2.75) is 58.0 Å². The number of urea groups is 1. The number of alkyl halides is 10. The van der Waals surface area contributed by atoms with Crippen LogP contribution in [0.3, 0.4) is 0 Å². The van der Waals surface area contributed by atoms with Gasteiger partial charge in [-0.05, 0) is 60.9 Å². The van der Waals surface area contributed by atoms with Gasteiger partial charge >= 0.3 is 24.7 Å². The highest BCUT2D eigenvalue weighted by Crippen LogP contribution is 2.35. The topological polar surface area (TPSA) is 111 Å². The smallest absolute Gasteiger partial charge is 0.482 e. The lowest BCUT2D eigenvalue weighted by molar-refractivity contribution is -0.274. The maximum atomic E-state index is 15.3. The number of nitrogens with zero attached hydrogens (tertiary/aromatic N) is 5. The number of nitrogens with one attached hydrogen (secondary N) is 1. The van der Waals surface area contributed by atoms with Crippen molar-refractivity contribution in [2.75, 3.05) is 23.8 Å². The summed E-state index contributed by atoms with van der Waals surface area (Å²) in [6.07, 6.45) is -16.2. The predicted octanol–water partition coefficient (Wildman–Crippen LogP) is 9.68. The molecule has 0 saturated carbocycles. The minimum absolute atomic E-state index is 0.0726. The van der Waals surface area contributed by atoms with E-state index in [2.05, 4.69) is 25.1 Å². The second-order valence-electron chi connectivity index (χ2n) is 11.8. The zero-order valence-corrected chi connectivity index (χ0v) is 30.1. The van der Waals surface area contributed by atoms with Crippen LogP contribution in [0.25, 0.3) is 17.1 Å². The Balaban J connectivity index is 1.51. The van der Waals surface area contributed by atoms with E-state index < -0.39 is 78.8 Å². The number of hydrogen-bond acceptors (Lipinski definition) is 7. The van der Waals surface area contributed by atoms with Gasteiger partial charge in [0.2, 0.25) is 5.91 Å². The summed E-state index contributed by atoms with van der Waals surface area (Å²) in [6.45, 7) is 0.705. The van der Waals surface area contributed by atoms with Gasteiger partial charge in [0.1, 0.15) is 24.0 Å². The van der Waals surface area contributed by atoms with E-state index in [9.17, 15) is 49.1 Å². The molecule has 0 radical (unpaired) electrons. The second kappa shape index (κ2) is 18.5. The third-order valence-corrected chi connectivity index (χ3v) is 8.20. The largest absolute Gasteiger partial charge is 0.573 e. The third kappa shape index (κ3) is 13.4. The summed E-state index contributed by atoms with van der Waals surface area (Å²) < 4.78 is 141. The Labute approximate surface area is 316 Å². The van der Waals surface area contributed by atoms with Gasteiger partial charge in [-0.3, -0.25) is 9.69 Å². The minimum Gasteiger partial charge on any atom is -0.482 e. The summed E-state index contributed by atoms with van der Waals surface area (Å²) in [5.41, 5.74) is 1.00. The number of amidine groups is 1. The molecule has 0 bridgehead atoms. The van der Waals surface area contributed by atoms with Crippen molar-refractivity contribution in [2.24, 2.45) is 4.99 Å². The van der Waals surface area contributed by atoms with Gasteiger partial charge in [-0.1, -0.05) is 49.0 Å². The molecule has 0 aliphatic carbocycles. The summed E-state index contributed by atoms with van der Waals surface area (Å²) in [4.78, 5) is 35.1. The summed E-state index contributed by atoms with van der Waals surface area (Å²) >= 11 is 0.348. The quantitative estimate of drug-likeness (QED) is 0.0813. The highest BCUT2D eigenvalue weighted by Gasteiger charge is 2.33. The Morgan fingerprint density at radius 3 is 2.23 bits per heavy atom. The molecule has 1 aromatic heterocycles. The normalized spacial score (nSPS) is 13.0. The fourth-order valence-electron chi connectivity index (χ4n) is 4.74. The Morgan fingerprint density at radius 1 is 0.946 bits per heavy atom. The van der Waals surface area contributed by atoms with Crippen LogP contribution in [0, 0.1) is 6.92 Å². The lowest BCUT2D eigenvalue weighted by Gasteiger charge is -2.26. The molecular formula is C35H32F10N6O4S. The number of benzene rings is 3. The van der Waals surface area contributed by atoms with Crippen LogP contribution in [0.1, 0.15) is 43.5 Å². The fourth-order valence-corrected chi connectivity index (χ4v) is 5.73. The number of amides is 3. The van der Waals surface area contributed by atoms with E-state index in [-0.39, 0.29) is 29.9 Å². The van der Waals surface area contributed by atoms with E-state index in [4.69, 9.17) is 4.74 Å². The highest BCUT2D eigenvalue weighted by molar-refractivity contribution is 8.14. The third-order valence-electron chi connectivity index (χ3n) is 7.25. The summed E-state index contributed by atoms with van der Waals surface area (Å²) in [6, 6.07) is 13.0. The monoisotopic (exact) mass is 822 g/mol. The Morgan fingerprint density at radius 2 is 1.62 bits per heavy atom. The van der Waals surface area contributed by atoms with Crippen LogP contribution >= 0.6 is 11.8 Å². The van der Waals surface area contributed by atoms with Crippen LogP contribution < -0.4 is 19.7 Å². The number of rotatable bonds is 13. The Hall–Kier alpha value is -5.34. The molecule has 56 heavy (non-hydrogen) atoms. The molecule has 302 valence electrons. The molecule has 4 aromatic rings. The molecule has 0 saturated heterocycles. The molecule has 1 N–H and O–H groups in total. The Bertz CT molecular complexity index is 1970. The number of aryl methyl sites for hydroxylation is 1. The number of halogens is 10. The molecule has 4 rings (SSSR count). The second-order valence-corrected chi connectivity index (χ2v) is 12.9. The van der Waals surface area contributed by atoms with Crippen molar-refractivity contribution in [3.05, 3.63) is 84.2 Å². The number of carbonyl (C=O) groups is 2. The van der Waals surface area contributed by atoms with Crippen LogP contribution in [0.2, 0.25) is 0 Å². The molecule has 10 nitrogen and oxygen atoms in total. The molecule has 0 spiro atoms. The number of hydrogen-bond donors (Lipinski definition) is 1. The molecule has 0 aliphatic rings. The van der Waals surface area contributed by atoms with Gasteiger partial charge < -0.3 is 14.8 Å². The van der Waals surface area contributed by atoms with Crippen molar-refractivity contribution in [1.82, 2.24) is 20.1 Å². The molecule has 3 aromatic carbocycles. The van der Waals surface area contributed by atoms with E-state index >= 15 is 4.39 Å². The van der Waals surface area contributed by atoms with Gasteiger partial charge in [-0.25, -0.2) is 18.9 Å². The predicted molar refractivity (Wildman–Crippen MR) is 186 cm³/mol. The molecule has 1 unspecified atom stereocenters. The minimum atomic E-state index is -4.86. The van der Waals surface area contributed by atoms with E-state index in [1.54, 1.807) is 13.8 Å². The number of ether oxygens (including phenoxy) is 2. The number of carbonyl (C=O) groups excluding carboxylic acids is 2. The van der Waals surface area contributed by atoms with Crippen LogP contribution in [0.4, 0.5) is 54.4 Å². The molecule has 3 amide bonds. The number of anilines is 1. The first-order chi connectivity index (χ1) is 26.2. The Kier molecular flexibility index (Phi) is 14.4. The van der Waals surface area contributed by atoms with Crippen LogP contribution in [-0.2, 0) is 4.79 Å². The zero-order chi connectivity index (χ0) is 41.3. The average Bonchev–Trinajstić information content (AvgIpc) is 3.60. The highest BCUT2D eigenvalue weighted by atomic mass is 32.2. The van der Waals surface area contributed by atoms with Crippen molar-refractivity contribution < 1.29 is 63.0 Å². The number of aliphatic imine (C=N–C) groups is 1. The summed E-state index contributed by atoms with van der Waals surface area (Å²) in [7, 11) is 0. The van der Waals surface area contributed by atoms with Gasteiger partial charge in [-0.15, -0.1) is 18.3 Å². The SMILES string of the molecule is CCCC(=O)N(C(=NC(=O)NCC(F)c1ccc(-c2ncn(-c3ccc(OC(F)(F)F)cc3)n2)cc1)SCCC(F)(F)F)c1cc(C)ccc1OCC(F)(F)F. The summed E-state index contributed by atoms with van der Waals surface area (Å²) in [5, 5.41) is 5.86. The van der Waals surface area contributed by atoms with Crippen molar-refractivity contribution in [3.63, 3.8) is 0 Å². The van der Waals surface area contributed by atoms with Gasteiger partial charge in [-0.2, -0.15) is 31.3 Å². The van der Waals surface area contributed by atoms with Gasteiger partial charge in [0.15, 0.2) is 17.6 Å². The molecule has 21 heteroatoms. The summed E-state index contributed by atoms with van der Waals surface area (Å²) in [5.74, 6) is -2.24. The van der Waals surface area contributed by atoms with Gasteiger partial charge in [0.05, 0.1) is 24.3 Å².